The van der Waals surface area contributed by atoms with Gasteiger partial charge in [-0.15, -0.1) is 0 Å². The molecule has 6 rings (SSSR count). The molecular formula is C29H25N3O3. The molecule has 6 nitrogen and oxygen atoms in total. The van der Waals surface area contributed by atoms with Crippen molar-refractivity contribution in [2.24, 2.45) is 0 Å². The van der Waals surface area contributed by atoms with Crippen molar-refractivity contribution >= 4 is 11.6 Å². The number of nitrogens with one attached hydrogen (secondary N) is 1. The molecule has 1 aliphatic carbocycles. The summed E-state index contributed by atoms with van der Waals surface area (Å²) in [6.45, 7) is 1.94. The number of hydrogen-bond acceptors (Lipinski definition) is 5. The summed E-state index contributed by atoms with van der Waals surface area (Å²) in [5.41, 5.74) is 6.12. The number of para-hydroxylation sites is 1. The Bertz CT molecular complexity index is 1470. The van der Waals surface area contributed by atoms with E-state index in [1.807, 2.05) is 60.1 Å². The minimum atomic E-state index is -0.394. The topological polar surface area (TPSA) is 87.4 Å². The van der Waals surface area contributed by atoms with E-state index in [0.29, 0.717) is 18.4 Å². The van der Waals surface area contributed by atoms with Crippen molar-refractivity contribution < 1.29 is 15.0 Å². The van der Waals surface area contributed by atoms with Crippen molar-refractivity contribution in [1.82, 2.24) is 9.78 Å². The molecule has 6 heteroatoms. The number of anilines is 1. The maximum atomic E-state index is 13.7. The number of aryl methyl sites for hydroxylation is 1. The van der Waals surface area contributed by atoms with Crippen LogP contribution in [0.4, 0.5) is 5.82 Å². The van der Waals surface area contributed by atoms with Crippen LogP contribution in [0.3, 0.4) is 0 Å². The van der Waals surface area contributed by atoms with Gasteiger partial charge in [-0.1, -0.05) is 54.6 Å². The minimum absolute atomic E-state index is 0.0829. The predicted octanol–water partition coefficient (Wildman–Crippen LogP) is 5.55. The van der Waals surface area contributed by atoms with Crippen LogP contribution in [-0.2, 0) is 4.79 Å². The lowest BCUT2D eigenvalue weighted by Crippen LogP contribution is -2.30. The molecule has 1 aliphatic heterocycles. The summed E-state index contributed by atoms with van der Waals surface area (Å²) in [6, 6.07) is 24.8. The van der Waals surface area contributed by atoms with Crippen LogP contribution in [-0.4, -0.2) is 25.8 Å². The number of ketones is 1. The maximum absolute atomic E-state index is 13.7. The van der Waals surface area contributed by atoms with Crippen LogP contribution in [0.25, 0.3) is 5.69 Å². The van der Waals surface area contributed by atoms with Crippen LogP contribution in [0.2, 0.25) is 0 Å². The van der Waals surface area contributed by atoms with Crippen LogP contribution in [0.15, 0.2) is 90.1 Å². The third kappa shape index (κ3) is 3.49. The van der Waals surface area contributed by atoms with Gasteiger partial charge in [-0.05, 0) is 54.7 Å². The Hall–Kier alpha value is -4.32. The number of nitrogens with zero attached hydrogens (tertiary/aromatic N) is 2. The Morgan fingerprint density at radius 1 is 0.886 bits per heavy atom. The van der Waals surface area contributed by atoms with E-state index < -0.39 is 5.92 Å². The molecule has 35 heavy (non-hydrogen) atoms. The van der Waals surface area contributed by atoms with E-state index in [2.05, 4.69) is 17.4 Å². The summed E-state index contributed by atoms with van der Waals surface area (Å²) in [7, 11) is 0. The first-order valence-electron chi connectivity index (χ1n) is 11.8. The number of allylic oxidation sites excluding steroid dienone is 2. The first-order chi connectivity index (χ1) is 17.0. The summed E-state index contributed by atoms with van der Waals surface area (Å²) in [6.07, 6.45) is 1.12. The van der Waals surface area contributed by atoms with Gasteiger partial charge in [0.05, 0.1) is 11.4 Å². The zero-order chi connectivity index (χ0) is 24.1. The van der Waals surface area contributed by atoms with E-state index in [0.717, 1.165) is 39.6 Å². The van der Waals surface area contributed by atoms with Gasteiger partial charge in [0.25, 0.3) is 0 Å². The van der Waals surface area contributed by atoms with Crippen LogP contribution in [0.5, 0.6) is 11.5 Å². The van der Waals surface area contributed by atoms with Crippen LogP contribution in [0.1, 0.15) is 47.1 Å². The Kier molecular flexibility index (Phi) is 4.95. The molecule has 2 aliphatic rings. The zero-order valence-corrected chi connectivity index (χ0v) is 19.3. The molecule has 4 aromatic rings. The van der Waals surface area contributed by atoms with Gasteiger partial charge >= 0.3 is 0 Å². The minimum Gasteiger partial charge on any atom is -0.504 e. The average molecular weight is 464 g/mol. The number of carbonyl (C=O) groups excluding carboxylic acids is 1. The molecule has 0 fully saturated rings. The Morgan fingerprint density at radius 3 is 2.31 bits per heavy atom. The Labute approximate surface area is 203 Å². The van der Waals surface area contributed by atoms with Crippen molar-refractivity contribution in [3.63, 3.8) is 0 Å². The number of aromatic hydroxyl groups is 2. The van der Waals surface area contributed by atoms with E-state index >= 15 is 0 Å². The summed E-state index contributed by atoms with van der Waals surface area (Å²) in [5, 5.41) is 28.7. The number of phenols is 2. The smallest absolute Gasteiger partial charge is 0.162 e. The molecule has 2 heterocycles. The highest BCUT2D eigenvalue weighted by Gasteiger charge is 2.41. The fourth-order valence-corrected chi connectivity index (χ4v) is 5.45. The van der Waals surface area contributed by atoms with Crippen molar-refractivity contribution in [3.8, 4) is 17.2 Å². The molecule has 0 bridgehead atoms. The molecule has 0 saturated carbocycles. The van der Waals surface area contributed by atoms with E-state index in [1.165, 1.54) is 6.07 Å². The predicted molar refractivity (Wildman–Crippen MR) is 134 cm³/mol. The van der Waals surface area contributed by atoms with Gasteiger partial charge in [0.15, 0.2) is 17.3 Å². The summed E-state index contributed by atoms with van der Waals surface area (Å²) in [4.78, 5) is 13.7. The highest BCUT2D eigenvalue weighted by atomic mass is 16.3. The van der Waals surface area contributed by atoms with Gasteiger partial charge < -0.3 is 15.5 Å². The van der Waals surface area contributed by atoms with E-state index in [4.69, 9.17) is 5.10 Å². The number of phenolic OH excluding ortho intramolecular Hbond substituents is 2. The lowest BCUT2D eigenvalue weighted by atomic mass is 9.72. The molecule has 0 unspecified atom stereocenters. The standard InChI is InChI=1S/C29H25N3O3/c1-17-26-27(19-12-13-23(33)24(34)15-19)28-22(14-20(16-25(28)35)18-8-4-2-5-9-18)30-29(26)32(31-17)21-10-6-3-7-11-21/h2-13,15,20,27,30,33-34H,14,16H2,1H3/t20-,27-/m0/s1. The molecule has 174 valence electrons. The molecule has 3 aromatic carbocycles. The van der Waals surface area contributed by atoms with Gasteiger partial charge in [-0.3, -0.25) is 4.79 Å². The number of carbonyl (C=O) groups is 1. The second-order valence-corrected chi connectivity index (χ2v) is 9.23. The normalized spacial score (nSPS) is 19.2. The third-order valence-corrected chi connectivity index (χ3v) is 7.07. The molecule has 0 radical (unpaired) electrons. The van der Waals surface area contributed by atoms with Crippen molar-refractivity contribution in [1.29, 1.82) is 0 Å². The third-order valence-electron chi connectivity index (χ3n) is 7.07. The summed E-state index contributed by atoms with van der Waals surface area (Å²) < 4.78 is 1.89. The summed E-state index contributed by atoms with van der Waals surface area (Å²) >= 11 is 0. The van der Waals surface area contributed by atoms with Crippen LogP contribution in [0, 0.1) is 6.92 Å². The van der Waals surface area contributed by atoms with E-state index in [9.17, 15) is 15.0 Å². The van der Waals surface area contributed by atoms with Crippen LogP contribution < -0.4 is 5.32 Å². The largest absolute Gasteiger partial charge is 0.504 e. The molecule has 3 N–H and O–H groups in total. The zero-order valence-electron chi connectivity index (χ0n) is 19.3. The molecule has 0 spiro atoms. The average Bonchev–Trinajstić information content (AvgIpc) is 3.21. The Morgan fingerprint density at radius 2 is 1.60 bits per heavy atom. The second kappa shape index (κ2) is 8.17. The highest BCUT2D eigenvalue weighted by molar-refractivity contribution is 6.01. The molecule has 0 saturated heterocycles. The number of Topliss-reactive ketones (excluding diaryl/α,β-unsaturated/α-hetero) is 1. The van der Waals surface area contributed by atoms with Gasteiger partial charge in [0.1, 0.15) is 5.82 Å². The maximum Gasteiger partial charge on any atom is 0.162 e. The van der Waals surface area contributed by atoms with Gasteiger partial charge in [0, 0.05) is 29.2 Å². The fraction of sp³-hybridized carbons (Fsp3) is 0.172. The van der Waals surface area contributed by atoms with Crippen molar-refractivity contribution in [3.05, 3.63) is 113 Å². The molecule has 1 aromatic heterocycles. The molecule has 2 atom stereocenters. The highest BCUT2D eigenvalue weighted by Crippen LogP contribution is 2.50. The first-order valence-corrected chi connectivity index (χ1v) is 11.8. The Balaban J connectivity index is 1.55. The SMILES string of the molecule is Cc1nn(-c2ccccc2)c2c1[C@H](c1ccc(O)c(O)c1)C1=C(C[C@H](c3ccccc3)CC1=O)N2. The van der Waals surface area contributed by atoms with Crippen molar-refractivity contribution in [2.45, 2.75) is 31.6 Å². The van der Waals surface area contributed by atoms with Gasteiger partial charge in [0.2, 0.25) is 0 Å². The quantitative estimate of drug-likeness (QED) is 0.347. The lowest BCUT2D eigenvalue weighted by Gasteiger charge is -2.36. The fourth-order valence-electron chi connectivity index (χ4n) is 5.45. The monoisotopic (exact) mass is 463 g/mol. The second-order valence-electron chi connectivity index (χ2n) is 9.23. The van der Waals surface area contributed by atoms with E-state index in [-0.39, 0.29) is 23.2 Å². The molecule has 0 amide bonds. The van der Waals surface area contributed by atoms with Gasteiger partial charge in [-0.2, -0.15) is 5.10 Å². The number of benzene rings is 3. The van der Waals surface area contributed by atoms with E-state index in [1.54, 1.807) is 12.1 Å². The molecular weight excluding hydrogens is 438 g/mol. The lowest BCUT2D eigenvalue weighted by molar-refractivity contribution is -0.116. The van der Waals surface area contributed by atoms with Crippen LogP contribution >= 0.6 is 0 Å². The van der Waals surface area contributed by atoms with Gasteiger partial charge in [-0.25, -0.2) is 4.68 Å². The summed E-state index contributed by atoms with van der Waals surface area (Å²) in [5.74, 6) is 0.208. The number of aromatic nitrogens is 2. The van der Waals surface area contributed by atoms with Crippen molar-refractivity contribution in [2.75, 3.05) is 5.32 Å². The number of hydrogen-bond donors (Lipinski definition) is 3. The number of rotatable bonds is 3. The number of fused-ring (bicyclic) bond motifs is 1. The first kappa shape index (κ1) is 21.2.